The number of rotatable bonds is 3. The van der Waals surface area contributed by atoms with E-state index in [9.17, 15) is 0 Å². The van der Waals surface area contributed by atoms with Crippen LogP contribution in [-0.2, 0) is 6.54 Å². The van der Waals surface area contributed by atoms with Crippen LogP contribution in [0.2, 0.25) is 0 Å². The van der Waals surface area contributed by atoms with E-state index < -0.39 is 0 Å². The Morgan fingerprint density at radius 1 is 1.44 bits per heavy atom. The Balaban J connectivity index is 2.61. The summed E-state index contributed by atoms with van der Waals surface area (Å²) in [6, 6.07) is 8.56. The maximum Gasteiger partial charge on any atom is 0.262 e. The van der Waals surface area contributed by atoms with Crippen LogP contribution in [0.3, 0.4) is 0 Å². The van der Waals surface area contributed by atoms with E-state index in [4.69, 9.17) is 0 Å². The van der Waals surface area contributed by atoms with Gasteiger partial charge in [-0.05, 0) is 19.9 Å². The summed E-state index contributed by atoms with van der Waals surface area (Å²) in [7, 11) is 0. The molecular formula is C13H16NS2+. The number of hydrogen-bond acceptors (Lipinski definition) is 2. The molecule has 0 bridgehead atoms. The summed E-state index contributed by atoms with van der Waals surface area (Å²) >= 11 is 6.14. The molecule has 0 radical (unpaired) electrons. The van der Waals surface area contributed by atoms with E-state index >= 15 is 0 Å². The van der Waals surface area contributed by atoms with Gasteiger partial charge in [-0.2, -0.15) is 17.2 Å². The molecular weight excluding hydrogens is 234 g/mol. The highest BCUT2D eigenvalue weighted by atomic mass is 32.1. The van der Waals surface area contributed by atoms with Crippen LogP contribution in [-0.4, -0.2) is 5.75 Å². The fourth-order valence-corrected chi connectivity index (χ4v) is 3.09. The van der Waals surface area contributed by atoms with Crippen molar-refractivity contribution in [2.75, 3.05) is 5.75 Å². The highest BCUT2D eigenvalue weighted by Crippen LogP contribution is 2.22. The molecule has 0 atom stereocenters. The lowest BCUT2D eigenvalue weighted by Gasteiger charge is -1.93. The van der Waals surface area contributed by atoms with Crippen LogP contribution in [0.1, 0.15) is 18.9 Å². The third-order valence-corrected chi connectivity index (χ3v) is 4.18. The highest BCUT2D eigenvalue weighted by molar-refractivity contribution is 7.80. The van der Waals surface area contributed by atoms with Crippen molar-refractivity contribution >= 4 is 40.3 Å². The molecule has 2 aromatic rings. The Labute approximate surface area is 106 Å². The minimum Gasteiger partial charge on any atom is -0.182 e. The Morgan fingerprint density at radius 3 is 2.88 bits per heavy atom. The maximum atomic E-state index is 4.30. The van der Waals surface area contributed by atoms with E-state index in [2.05, 4.69) is 61.4 Å². The second-order valence-corrected chi connectivity index (χ2v) is 5.18. The van der Waals surface area contributed by atoms with Crippen molar-refractivity contribution in [3.63, 3.8) is 0 Å². The van der Waals surface area contributed by atoms with Gasteiger partial charge in [-0.25, -0.2) is 0 Å². The van der Waals surface area contributed by atoms with Gasteiger partial charge < -0.3 is 0 Å². The molecule has 0 saturated heterocycles. The van der Waals surface area contributed by atoms with Crippen LogP contribution in [0.5, 0.6) is 0 Å². The fourth-order valence-electron chi connectivity index (χ4n) is 1.74. The van der Waals surface area contributed by atoms with E-state index in [1.807, 2.05) is 11.3 Å². The number of thiol groups is 1. The topological polar surface area (TPSA) is 3.88 Å². The molecule has 0 aliphatic rings. The van der Waals surface area contributed by atoms with Gasteiger partial charge in [-0.1, -0.05) is 29.0 Å². The first-order valence-electron chi connectivity index (χ1n) is 5.45. The normalized spacial score (nSPS) is 12.3. The van der Waals surface area contributed by atoms with Gasteiger partial charge in [-0.15, -0.1) is 0 Å². The molecule has 2 rings (SSSR count). The van der Waals surface area contributed by atoms with Crippen molar-refractivity contribution < 1.29 is 4.57 Å². The van der Waals surface area contributed by atoms with E-state index in [1.54, 1.807) is 0 Å². The molecule has 84 valence electrons. The van der Waals surface area contributed by atoms with E-state index in [1.165, 1.54) is 20.8 Å². The molecule has 0 fully saturated rings. The molecule has 0 unspecified atom stereocenters. The molecule has 0 aliphatic carbocycles. The van der Waals surface area contributed by atoms with Crippen LogP contribution in [0, 0.1) is 0 Å². The third-order valence-electron chi connectivity index (χ3n) is 2.57. The average molecular weight is 250 g/mol. The molecule has 0 N–H and O–H groups in total. The SMILES string of the molecule is CC[n+]1c(C=C(C)CS)sc2ccccc21. The highest BCUT2D eigenvalue weighted by Gasteiger charge is 2.16. The number of nitrogens with zero attached hydrogens (tertiary/aromatic N) is 1. The fraction of sp³-hybridized carbons (Fsp3) is 0.308. The molecule has 1 heterocycles. The standard InChI is InChI=1S/C13H15NS2/c1-3-14-11-6-4-5-7-12(11)16-13(14)8-10(2)9-15/h4-8H,3,9H2,1-2H3/p+1. The van der Waals surface area contributed by atoms with E-state index in [0.29, 0.717) is 0 Å². The quantitative estimate of drug-likeness (QED) is 0.627. The largest absolute Gasteiger partial charge is 0.262 e. The minimum atomic E-state index is 0.817. The first-order chi connectivity index (χ1) is 7.76. The van der Waals surface area contributed by atoms with Gasteiger partial charge in [0.2, 0.25) is 5.52 Å². The average Bonchev–Trinajstić information content (AvgIpc) is 2.65. The number of hydrogen-bond donors (Lipinski definition) is 1. The molecule has 3 heteroatoms. The summed E-state index contributed by atoms with van der Waals surface area (Å²) in [4.78, 5) is 0. The predicted octanol–water partition coefficient (Wildman–Crippen LogP) is 3.54. The Bertz CT molecular complexity index is 526. The van der Waals surface area contributed by atoms with Crippen LogP contribution in [0.25, 0.3) is 16.3 Å². The van der Waals surface area contributed by atoms with Crippen LogP contribution >= 0.6 is 24.0 Å². The lowest BCUT2D eigenvalue weighted by atomic mass is 10.3. The third kappa shape index (κ3) is 2.15. The van der Waals surface area contributed by atoms with E-state index in [-0.39, 0.29) is 0 Å². The monoisotopic (exact) mass is 250 g/mol. The Kier molecular flexibility index (Phi) is 3.66. The molecule has 16 heavy (non-hydrogen) atoms. The summed E-state index contributed by atoms with van der Waals surface area (Å²) in [6.07, 6.45) is 2.24. The molecule has 1 aromatic heterocycles. The summed E-state index contributed by atoms with van der Waals surface area (Å²) < 4.78 is 3.70. The Hall–Kier alpha value is -0.800. The molecule has 0 amide bonds. The van der Waals surface area contributed by atoms with Gasteiger partial charge >= 0.3 is 0 Å². The summed E-state index contributed by atoms with van der Waals surface area (Å²) in [5.74, 6) is 0.817. The van der Waals surface area contributed by atoms with Gasteiger partial charge in [0.05, 0.1) is 0 Å². The number of para-hydroxylation sites is 1. The van der Waals surface area contributed by atoms with Crippen molar-refractivity contribution in [1.82, 2.24) is 0 Å². The molecule has 0 saturated carbocycles. The molecule has 0 aliphatic heterocycles. The minimum absolute atomic E-state index is 0.817. The zero-order valence-corrected chi connectivity index (χ0v) is 11.3. The van der Waals surface area contributed by atoms with Gasteiger partial charge in [0, 0.05) is 17.9 Å². The van der Waals surface area contributed by atoms with E-state index in [0.717, 1.165) is 12.3 Å². The number of thiazole rings is 1. The Morgan fingerprint density at radius 2 is 2.19 bits per heavy atom. The van der Waals surface area contributed by atoms with Crippen molar-refractivity contribution in [3.05, 3.63) is 34.8 Å². The molecule has 1 nitrogen and oxygen atoms in total. The van der Waals surface area contributed by atoms with Crippen molar-refractivity contribution in [2.45, 2.75) is 20.4 Å². The summed E-state index contributed by atoms with van der Waals surface area (Å²) in [5.41, 5.74) is 2.63. The first kappa shape index (κ1) is 11.7. The lowest BCUT2D eigenvalue weighted by Crippen LogP contribution is -2.33. The van der Waals surface area contributed by atoms with Crippen molar-refractivity contribution in [1.29, 1.82) is 0 Å². The van der Waals surface area contributed by atoms with Crippen molar-refractivity contribution in [3.8, 4) is 0 Å². The predicted molar refractivity (Wildman–Crippen MR) is 75.2 cm³/mol. The molecule has 1 aromatic carbocycles. The summed E-state index contributed by atoms with van der Waals surface area (Å²) in [5, 5.41) is 1.32. The van der Waals surface area contributed by atoms with Crippen LogP contribution in [0.4, 0.5) is 0 Å². The first-order valence-corrected chi connectivity index (χ1v) is 6.90. The van der Waals surface area contributed by atoms with Gasteiger partial charge in [0.1, 0.15) is 11.2 Å². The van der Waals surface area contributed by atoms with Crippen molar-refractivity contribution in [2.24, 2.45) is 0 Å². The summed E-state index contributed by atoms with van der Waals surface area (Å²) in [6.45, 7) is 5.32. The number of fused-ring (bicyclic) bond motifs is 1. The van der Waals surface area contributed by atoms with Crippen LogP contribution < -0.4 is 4.57 Å². The molecule has 0 spiro atoms. The number of aryl methyl sites for hydroxylation is 1. The van der Waals surface area contributed by atoms with Gasteiger partial charge in [-0.3, -0.25) is 0 Å². The van der Waals surface area contributed by atoms with Crippen LogP contribution in [0.15, 0.2) is 29.8 Å². The maximum absolute atomic E-state index is 4.30. The lowest BCUT2D eigenvalue weighted by molar-refractivity contribution is -0.665. The zero-order chi connectivity index (χ0) is 11.5. The number of benzene rings is 1. The second-order valence-electron chi connectivity index (χ2n) is 3.80. The second kappa shape index (κ2) is 5.02. The number of aromatic nitrogens is 1. The van der Waals surface area contributed by atoms with Gasteiger partial charge in [0.25, 0.3) is 5.01 Å². The smallest absolute Gasteiger partial charge is 0.182 e. The van der Waals surface area contributed by atoms with Gasteiger partial charge in [0.15, 0.2) is 0 Å². The zero-order valence-electron chi connectivity index (χ0n) is 9.60.